The first-order valence-corrected chi connectivity index (χ1v) is 4.22. The van der Waals surface area contributed by atoms with Gasteiger partial charge in [0.1, 0.15) is 11.9 Å². The van der Waals surface area contributed by atoms with E-state index in [0.29, 0.717) is 5.56 Å². The molecule has 0 radical (unpaired) electrons. The molecular weight excluding hydrogens is 209 g/mol. The number of hydrogen-bond donors (Lipinski definition) is 1. The van der Waals surface area contributed by atoms with Crippen molar-refractivity contribution in [3.8, 4) is 0 Å². The Morgan fingerprint density at radius 2 is 2.21 bits per heavy atom. The summed E-state index contributed by atoms with van der Waals surface area (Å²) in [6.45, 7) is 0. The van der Waals surface area contributed by atoms with Crippen molar-refractivity contribution >= 4 is 17.6 Å². The van der Waals surface area contributed by atoms with Crippen LogP contribution in [0.25, 0.3) is 0 Å². The molecule has 0 amide bonds. The van der Waals surface area contributed by atoms with Crippen LogP contribution in [-0.2, 0) is 9.53 Å². The van der Waals surface area contributed by atoms with Crippen LogP contribution in [0.2, 0.25) is 5.02 Å². The van der Waals surface area contributed by atoms with Gasteiger partial charge in [0.15, 0.2) is 0 Å². The van der Waals surface area contributed by atoms with Crippen LogP contribution in [0.1, 0.15) is 11.6 Å². The molecule has 1 atom stereocenters. The van der Waals surface area contributed by atoms with Crippen molar-refractivity contribution in [2.45, 2.75) is 6.04 Å². The molecule has 2 N–H and O–H groups in total. The average molecular weight is 218 g/mol. The molecular formula is C9H9ClFNO2. The molecule has 1 aromatic carbocycles. The Labute approximate surface area is 85.6 Å². The monoisotopic (exact) mass is 217 g/mol. The molecule has 0 spiro atoms. The SMILES string of the molecule is COC(=O)C(N)c1cc(F)cc(Cl)c1. The number of rotatable bonds is 2. The fourth-order valence-electron chi connectivity index (χ4n) is 1.02. The maximum atomic E-state index is 12.9. The Kier molecular flexibility index (Phi) is 3.43. The molecule has 14 heavy (non-hydrogen) atoms. The van der Waals surface area contributed by atoms with Crippen molar-refractivity contribution < 1.29 is 13.9 Å². The summed E-state index contributed by atoms with van der Waals surface area (Å²) in [5, 5.41) is 0.194. The number of carbonyl (C=O) groups excluding carboxylic acids is 1. The summed E-state index contributed by atoms with van der Waals surface area (Å²) in [5.41, 5.74) is 5.78. The second-order valence-electron chi connectivity index (χ2n) is 2.70. The quantitative estimate of drug-likeness (QED) is 0.767. The Bertz CT molecular complexity index is 336. The van der Waals surface area contributed by atoms with Crippen molar-refractivity contribution in [1.82, 2.24) is 0 Å². The Hall–Kier alpha value is -1.13. The molecule has 0 saturated heterocycles. The van der Waals surface area contributed by atoms with Gasteiger partial charge in [-0.25, -0.2) is 4.39 Å². The number of ether oxygens (including phenoxy) is 1. The van der Waals surface area contributed by atoms with Gasteiger partial charge in [-0.05, 0) is 23.8 Å². The lowest BCUT2D eigenvalue weighted by molar-refractivity contribution is -0.142. The number of carbonyl (C=O) groups is 1. The van der Waals surface area contributed by atoms with Gasteiger partial charge in [-0.2, -0.15) is 0 Å². The van der Waals surface area contributed by atoms with Crippen LogP contribution in [0.15, 0.2) is 18.2 Å². The van der Waals surface area contributed by atoms with E-state index >= 15 is 0 Å². The second kappa shape index (κ2) is 4.39. The molecule has 0 aliphatic carbocycles. The number of hydrogen-bond acceptors (Lipinski definition) is 3. The fourth-order valence-corrected chi connectivity index (χ4v) is 1.25. The zero-order chi connectivity index (χ0) is 10.7. The lowest BCUT2D eigenvalue weighted by Crippen LogP contribution is -2.22. The van der Waals surface area contributed by atoms with E-state index in [4.69, 9.17) is 17.3 Å². The lowest BCUT2D eigenvalue weighted by atomic mass is 10.1. The molecule has 0 aliphatic rings. The van der Waals surface area contributed by atoms with Gasteiger partial charge in [0, 0.05) is 5.02 Å². The minimum absolute atomic E-state index is 0.194. The predicted molar refractivity (Wildman–Crippen MR) is 50.4 cm³/mol. The third-order valence-corrected chi connectivity index (χ3v) is 1.92. The van der Waals surface area contributed by atoms with Crippen molar-refractivity contribution in [3.63, 3.8) is 0 Å². The van der Waals surface area contributed by atoms with E-state index < -0.39 is 17.8 Å². The van der Waals surface area contributed by atoms with Crippen LogP contribution >= 0.6 is 11.6 Å². The van der Waals surface area contributed by atoms with Crippen LogP contribution in [0.3, 0.4) is 0 Å². The lowest BCUT2D eigenvalue weighted by Gasteiger charge is -2.09. The molecule has 0 aromatic heterocycles. The predicted octanol–water partition coefficient (Wildman–Crippen LogP) is 1.65. The van der Waals surface area contributed by atoms with E-state index in [1.165, 1.54) is 13.2 Å². The van der Waals surface area contributed by atoms with Gasteiger partial charge in [-0.1, -0.05) is 11.6 Å². The van der Waals surface area contributed by atoms with Crippen LogP contribution in [0.4, 0.5) is 4.39 Å². The van der Waals surface area contributed by atoms with Crippen molar-refractivity contribution in [2.75, 3.05) is 7.11 Å². The van der Waals surface area contributed by atoms with Gasteiger partial charge in [-0.15, -0.1) is 0 Å². The minimum atomic E-state index is -1.01. The van der Waals surface area contributed by atoms with Crippen LogP contribution in [0, 0.1) is 5.82 Å². The summed E-state index contributed by atoms with van der Waals surface area (Å²) in [5.74, 6) is -1.17. The molecule has 0 fully saturated rings. The fraction of sp³-hybridized carbons (Fsp3) is 0.222. The van der Waals surface area contributed by atoms with E-state index in [-0.39, 0.29) is 5.02 Å². The molecule has 3 nitrogen and oxygen atoms in total. The first-order valence-electron chi connectivity index (χ1n) is 3.84. The maximum absolute atomic E-state index is 12.9. The van der Waals surface area contributed by atoms with Gasteiger partial charge in [0.05, 0.1) is 7.11 Å². The smallest absolute Gasteiger partial charge is 0.327 e. The van der Waals surface area contributed by atoms with Crippen LogP contribution in [0.5, 0.6) is 0 Å². The highest BCUT2D eigenvalue weighted by Crippen LogP contribution is 2.19. The molecule has 5 heteroatoms. The normalized spacial score (nSPS) is 12.3. The summed E-state index contributed by atoms with van der Waals surface area (Å²) < 4.78 is 17.3. The highest BCUT2D eigenvalue weighted by atomic mass is 35.5. The van der Waals surface area contributed by atoms with Gasteiger partial charge in [-0.3, -0.25) is 4.79 Å². The van der Waals surface area contributed by atoms with E-state index in [0.717, 1.165) is 12.1 Å². The summed E-state index contributed by atoms with van der Waals surface area (Å²) in [7, 11) is 1.21. The zero-order valence-electron chi connectivity index (χ0n) is 7.46. The number of benzene rings is 1. The largest absolute Gasteiger partial charge is 0.468 e. The van der Waals surface area contributed by atoms with E-state index in [2.05, 4.69) is 4.74 Å². The Morgan fingerprint density at radius 1 is 1.57 bits per heavy atom. The highest BCUT2D eigenvalue weighted by molar-refractivity contribution is 6.30. The standard InChI is InChI=1S/C9H9ClFNO2/c1-14-9(13)8(12)5-2-6(10)4-7(11)3-5/h2-4,8H,12H2,1H3. The maximum Gasteiger partial charge on any atom is 0.327 e. The topological polar surface area (TPSA) is 52.3 Å². The third kappa shape index (κ3) is 2.43. The minimum Gasteiger partial charge on any atom is -0.468 e. The van der Waals surface area contributed by atoms with Crippen LogP contribution in [-0.4, -0.2) is 13.1 Å². The van der Waals surface area contributed by atoms with Crippen molar-refractivity contribution in [1.29, 1.82) is 0 Å². The van der Waals surface area contributed by atoms with E-state index in [1.807, 2.05) is 0 Å². The van der Waals surface area contributed by atoms with Crippen molar-refractivity contribution in [3.05, 3.63) is 34.6 Å². The van der Waals surface area contributed by atoms with Gasteiger partial charge >= 0.3 is 5.97 Å². The van der Waals surface area contributed by atoms with E-state index in [1.54, 1.807) is 0 Å². The molecule has 1 rings (SSSR count). The average Bonchev–Trinajstić information content (AvgIpc) is 2.14. The number of halogens is 2. The van der Waals surface area contributed by atoms with E-state index in [9.17, 15) is 9.18 Å². The number of nitrogens with two attached hydrogens (primary N) is 1. The summed E-state index contributed by atoms with van der Waals surface area (Å²) in [4.78, 5) is 11.0. The van der Waals surface area contributed by atoms with Gasteiger partial charge < -0.3 is 10.5 Å². The zero-order valence-corrected chi connectivity index (χ0v) is 8.22. The molecule has 0 saturated carbocycles. The molecule has 1 aromatic rings. The summed E-state index contributed by atoms with van der Waals surface area (Å²) in [6.07, 6.45) is 0. The van der Waals surface area contributed by atoms with Gasteiger partial charge in [0.2, 0.25) is 0 Å². The first-order chi connectivity index (χ1) is 6.54. The number of esters is 1. The molecule has 0 heterocycles. The van der Waals surface area contributed by atoms with Crippen LogP contribution < -0.4 is 5.73 Å². The molecule has 0 aliphatic heterocycles. The second-order valence-corrected chi connectivity index (χ2v) is 3.14. The number of methoxy groups -OCH3 is 1. The molecule has 0 bridgehead atoms. The van der Waals surface area contributed by atoms with Crippen molar-refractivity contribution in [2.24, 2.45) is 5.73 Å². The third-order valence-electron chi connectivity index (χ3n) is 1.70. The molecule has 76 valence electrons. The Morgan fingerprint density at radius 3 is 2.71 bits per heavy atom. The first kappa shape index (κ1) is 10.9. The summed E-state index contributed by atoms with van der Waals surface area (Å²) in [6, 6.07) is 2.70. The Balaban J connectivity index is 3.00. The highest BCUT2D eigenvalue weighted by Gasteiger charge is 2.17. The molecule has 1 unspecified atom stereocenters. The van der Waals surface area contributed by atoms with Gasteiger partial charge in [0.25, 0.3) is 0 Å². The summed E-state index contributed by atoms with van der Waals surface area (Å²) >= 11 is 5.59.